The molecule has 1 aromatic carbocycles. The minimum atomic E-state index is 0.708. The van der Waals surface area contributed by atoms with E-state index < -0.39 is 0 Å². The summed E-state index contributed by atoms with van der Waals surface area (Å²) in [5, 5.41) is 1.13. The highest BCUT2D eigenvalue weighted by molar-refractivity contribution is 5.86. The van der Waals surface area contributed by atoms with Crippen LogP contribution in [0.3, 0.4) is 0 Å². The first-order valence-corrected chi connectivity index (χ1v) is 11.2. The number of nitrogens with zero attached hydrogens (tertiary/aromatic N) is 1. The predicted molar refractivity (Wildman–Crippen MR) is 132 cm³/mol. The number of hydrogen-bond donors (Lipinski definition) is 1. The summed E-state index contributed by atoms with van der Waals surface area (Å²) in [6, 6.07) is 7.55. The van der Waals surface area contributed by atoms with Crippen LogP contribution in [0.25, 0.3) is 10.9 Å². The van der Waals surface area contributed by atoms with Gasteiger partial charge in [0, 0.05) is 29.7 Å². The molecule has 0 spiro atoms. The molecule has 0 bridgehead atoms. The Morgan fingerprint density at radius 1 is 1.13 bits per heavy atom. The molecule has 2 aromatic rings. The number of allylic oxidation sites excluding steroid dienone is 2. The first kappa shape index (κ1) is 25.6. The van der Waals surface area contributed by atoms with Crippen LogP contribution in [0.4, 0.5) is 0 Å². The molecule has 0 amide bonds. The molecule has 1 aliphatic rings. The molecular weight excluding hydrogens is 368 g/mol. The minimum Gasteiger partial charge on any atom is -0.361 e. The number of H-pyrrole nitrogens is 1. The van der Waals surface area contributed by atoms with Crippen molar-refractivity contribution in [1.82, 2.24) is 4.98 Å². The summed E-state index contributed by atoms with van der Waals surface area (Å²) in [7, 11) is 0. The minimum absolute atomic E-state index is 0.708. The summed E-state index contributed by atoms with van der Waals surface area (Å²) in [6.45, 7) is 15.0. The molecule has 0 saturated heterocycles. The van der Waals surface area contributed by atoms with Crippen molar-refractivity contribution >= 4 is 23.4 Å². The molecule has 3 nitrogen and oxygen atoms in total. The van der Waals surface area contributed by atoms with Gasteiger partial charge in [0.25, 0.3) is 0 Å². The Labute approximate surface area is 183 Å². The second-order valence-corrected chi connectivity index (χ2v) is 8.58. The normalized spacial score (nSPS) is 21.4. The summed E-state index contributed by atoms with van der Waals surface area (Å²) in [6.07, 6.45) is 15.0. The van der Waals surface area contributed by atoms with E-state index in [1.807, 2.05) is 43.5 Å². The average molecular weight is 409 g/mol. The Kier molecular flexibility index (Phi) is 12.4. The summed E-state index contributed by atoms with van der Waals surface area (Å²) < 4.78 is 0. The van der Waals surface area contributed by atoms with E-state index in [1.54, 1.807) is 12.4 Å². The smallest absolute Gasteiger partial charge is 0.150 e. The lowest BCUT2D eigenvalue weighted by atomic mass is 9.95. The van der Waals surface area contributed by atoms with Crippen LogP contribution in [0.15, 0.2) is 59.9 Å². The molecular formula is C27H40N2O. The van der Waals surface area contributed by atoms with Gasteiger partial charge in [0.1, 0.15) is 6.29 Å². The third kappa shape index (κ3) is 10.4. The van der Waals surface area contributed by atoms with Gasteiger partial charge in [-0.3, -0.25) is 9.79 Å². The van der Waals surface area contributed by atoms with Gasteiger partial charge in [-0.15, -0.1) is 0 Å². The highest BCUT2D eigenvalue weighted by Crippen LogP contribution is 2.30. The van der Waals surface area contributed by atoms with Gasteiger partial charge in [-0.05, 0) is 67.0 Å². The molecule has 3 heteroatoms. The van der Waals surface area contributed by atoms with Crippen molar-refractivity contribution in [2.24, 2.45) is 22.7 Å². The van der Waals surface area contributed by atoms with Crippen molar-refractivity contribution in [3.63, 3.8) is 0 Å². The van der Waals surface area contributed by atoms with Crippen molar-refractivity contribution in [3.05, 3.63) is 60.5 Å². The van der Waals surface area contributed by atoms with E-state index in [0.717, 1.165) is 46.9 Å². The number of aldehydes is 1. The fraction of sp³-hybridized carbons (Fsp3) is 0.481. The maximum Gasteiger partial charge on any atom is 0.150 e. The monoisotopic (exact) mass is 408 g/mol. The Balaban J connectivity index is 0.000000227. The van der Waals surface area contributed by atoms with E-state index in [0.29, 0.717) is 5.56 Å². The number of fused-ring (bicyclic) bond motifs is 1. The van der Waals surface area contributed by atoms with Gasteiger partial charge in [0.2, 0.25) is 0 Å². The number of benzene rings is 1. The van der Waals surface area contributed by atoms with Gasteiger partial charge >= 0.3 is 0 Å². The van der Waals surface area contributed by atoms with Crippen LogP contribution in [-0.4, -0.2) is 17.5 Å². The number of aromatic amines is 1. The van der Waals surface area contributed by atoms with Gasteiger partial charge in [-0.2, -0.15) is 0 Å². The zero-order valence-corrected chi connectivity index (χ0v) is 19.5. The lowest BCUT2D eigenvalue weighted by molar-refractivity contribution is 0.112. The van der Waals surface area contributed by atoms with Gasteiger partial charge < -0.3 is 4.98 Å². The summed E-state index contributed by atoms with van der Waals surface area (Å²) in [5.74, 6) is 2.95. The van der Waals surface area contributed by atoms with Crippen LogP contribution in [0, 0.1) is 17.8 Å². The largest absolute Gasteiger partial charge is 0.361 e. The Morgan fingerprint density at radius 2 is 1.80 bits per heavy atom. The molecule has 1 N–H and O–H groups in total. The van der Waals surface area contributed by atoms with Crippen LogP contribution < -0.4 is 0 Å². The van der Waals surface area contributed by atoms with Crippen molar-refractivity contribution < 1.29 is 4.79 Å². The fourth-order valence-electron chi connectivity index (χ4n) is 3.74. The molecule has 1 fully saturated rings. The van der Waals surface area contributed by atoms with Crippen LogP contribution in [0.2, 0.25) is 0 Å². The predicted octanol–water partition coefficient (Wildman–Crippen LogP) is 8.01. The third-order valence-corrected chi connectivity index (χ3v) is 5.42. The zero-order chi connectivity index (χ0) is 22.4. The second kappa shape index (κ2) is 14.5. The number of hydrogen-bond acceptors (Lipinski definition) is 2. The van der Waals surface area contributed by atoms with E-state index in [2.05, 4.69) is 44.3 Å². The van der Waals surface area contributed by atoms with E-state index in [4.69, 9.17) is 0 Å². The number of rotatable bonds is 4. The third-order valence-electron chi connectivity index (χ3n) is 5.42. The second-order valence-electron chi connectivity index (χ2n) is 8.58. The molecule has 30 heavy (non-hydrogen) atoms. The summed E-state index contributed by atoms with van der Waals surface area (Å²) in [4.78, 5) is 17.3. The quantitative estimate of drug-likeness (QED) is 0.311. The lowest BCUT2D eigenvalue weighted by Crippen LogP contribution is -1.99. The Bertz CT molecular complexity index is 803. The molecule has 3 atom stereocenters. The zero-order valence-electron chi connectivity index (χ0n) is 19.5. The van der Waals surface area contributed by atoms with Gasteiger partial charge in [-0.1, -0.05) is 65.3 Å². The van der Waals surface area contributed by atoms with Gasteiger partial charge in [0.15, 0.2) is 0 Å². The molecule has 1 saturated carbocycles. The maximum atomic E-state index is 10.4. The standard InChI is InChI=1S/C10H20.C9H7NO.C8H13N/c1-8-4-5-9(2)7-10(3)6-8;11-6-7-1-2-8-3-4-10-9(8)5-7;1-4-6-9-7-8(3)5-2/h8-10H,4-7H2,1-3H3;1-6,10H;4,6-7H,3,5H2,1-2H3/b;;6-4-,9-7?/t8-,9+,10?;;. The molecule has 1 unspecified atom stereocenters. The van der Waals surface area contributed by atoms with E-state index in [9.17, 15) is 4.79 Å². The van der Waals surface area contributed by atoms with Crippen molar-refractivity contribution in [2.75, 3.05) is 0 Å². The highest BCUT2D eigenvalue weighted by atomic mass is 16.1. The van der Waals surface area contributed by atoms with Crippen LogP contribution in [0.5, 0.6) is 0 Å². The number of carbonyl (C=O) groups excluding carboxylic acids is 1. The SMILES string of the molecule is C=C(C=N/C=C\C)CC.CC1C[C@H](C)CC[C@H](C)C1.O=Cc1ccc2cc[nH]c2c1. The van der Waals surface area contributed by atoms with Crippen LogP contribution in [0.1, 0.15) is 77.1 Å². The van der Waals surface area contributed by atoms with Gasteiger partial charge in [-0.25, -0.2) is 0 Å². The summed E-state index contributed by atoms with van der Waals surface area (Å²) >= 11 is 0. The van der Waals surface area contributed by atoms with Crippen molar-refractivity contribution in [3.8, 4) is 0 Å². The topological polar surface area (TPSA) is 45.2 Å². The van der Waals surface area contributed by atoms with E-state index in [-0.39, 0.29) is 0 Å². The molecule has 1 aliphatic carbocycles. The Morgan fingerprint density at radius 3 is 2.37 bits per heavy atom. The van der Waals surface area contributed by atoms with Crippen LogP contribution in [-0.2, 0) is 0 Å². The molecule has 0 radical (unpaired) electrons. The lowest BCUT2D eigenvalue weighted by Gasteiger charge is -2.11. The maximum absolute atomic E-state index is 10.4. The number of carbonyl (C=O) groups is 1. The van der Waals surface area contributed by atoms with Crippen molar-refractivity contribution in [1.29, 1.82) is 0 Å². The van der Waals surface area contributed by atoms with Gasteiger partial charge in [0.05, 0.1) is 0 Å². The number of nitrogens with one attached hydrogen (secondary N) is 1. The van der Waals surface area contributed by atoms with E-state index >= 15 is 0 Å². The summed E-state index contributed by atoms with van der Waals surface area (Å²) in [5.41, 5.74) is 2.78. The molecule has 0 aliphatic heterocycles. The molecule has 1 heterocycles. The van der Waals surface area contributed by atoms with Crippen LogP contribution >= 0.6 is 0 Å². The highest BCUT2D eigenvalue weighted by Gasteiger charge is 2.17. The first-order valence-electron chi connectivity index (χ1n) is 11.2. The fourth-order valence-corrected chi connectivity index (χ4v) is 3.74. The van der Waals surface area contributed by atoms with E-state index in [1.165, 1.54) is 25.7 Å². The average Bonchev–Trinajstić information content (AvgIpc) is 3.15. The molecule has 1 aromatic heterocycles. The first-order chi connectivity index (χ1) is 14.4. The number of aliphatic imine (C=N–C) groups is 1. The number of aromatic nitrogens is 1. The Hall–Kier alpha value is -2.42. The molecule has 164 valence electrons. The molecule has 3 rings (SSSR count). The van der Waals surface area contributed by atoms with Crippen molar-refractivity contribution in [2.45, 2.75) is 66.7 Å².